The molecule has 8 nitrogen and oxygen atoms in total. The van der Waals surface area contributed by atoms with E-state index in [0.717, 1.165) is 0 Å². The first-order valence-electron chi connectivity index (χ1n) is 10.2. The minimum absolute atomic E-state index is 0.0207. The van der Waals surface area contributed by atoms with E-state index in [1.165, 1.54) is 30.7 Å². The van der Waals surface area contributed by atoms with Crippen molar-refractivity contribution in [1.29, 1.82) is 0 Å². The SMILES string of the molecule is COc1cc(OC)c(S(=O)(=O)N2CCCC(COc3ccc(Cl)cc3)(CC(N)=O)C2)cc1Cl. The molecule has 11 heteroatoms. The van der Waals surface area contributed by atoms with Crippen molar-refractivity contribution >= 4 is 39.1 Å². The van der Waals surface area contributed by atoms with E-state index in [9.17, 15) is 13.2 Å². The van der Waals surface area contributed by atoms with Gasteiger partial charge in [0, 0.05) is 36.0 Å². The number of benzene rings is 2. The van der Waals surface area contributed by atoms with Crippen LogP contribution < -0.4 is 19.9 Å². The summed E-state index contributed by atoms with van der Waals surface area (Å²) in [4.78, 5) is 11.8. The first-order chi connectivity index (χ1) is 15.6. The van der Waals surface area contributed by atoms with Crippen LogP contribution in [0, 0.1) is 5.41 Å². The standard InChI is InChI=1S/C22H26Cl2N2O6S/c1-30-18-11-19(31-2)20(10-17(18)24)33(28,29)26-9-3-8-22(13-26,12-21(25)27)14-32-16-6-4-15(23)5-7-16/h4-7,10-11H,3,8-9,12-14H2,1-2H3,(H2,25,27). The van der Waals surface area contributed by atoms with E-state index in [0.29, 0.717) is 29.4 Å². The average Bonchev–Trinajstić information content (AvgIpc) is 2.78. The summed E-state index contributed by atoms with van der Waals surface area (Å²) >= 11 is 12.1. The molecule has 1 unspecified atom stereocenters. The van der Waals surface area contributed by atoms with Crippen LogP contribution in [0.25, 0.3) is 0 Å². The number of ether oxygens (including phenoxy) is 3. The van der Waals surface area contributed by atoms with Crippen molar-refractivity contribution in [3.63, 3.8) is 0 Å². The number of primary amides is 1. The van der Waals surface area contributed by atoms with Gasteiger partial charge in [-0.2, -0.15) is 4.31 Å². The Kier molecular flexibility index (Phi) is 8.00. The fourth-order valence-corrected chi connectivity index (χ4v) is 6.18. The number of carbonyl (C=O) groups is 1. The Morgan fingerprint density at radius 3 is 2.39 bits per heavy atom. The lowest BCUT2D eigenvalue weighted by molar-refractivity contribution is -0.121. The van der Waals surface area contributed by atoms with E-state index in [-0.39, 0.29) is 41.8 Å². The maximum Gasteiger partial charge on any atom is 0.246 e. The molecule has 0 aromatic heterocycles. The molecule has 2 aromatic rings. The quantitative estimate of drug-likeness (QED) is 0.543. The molecule has 3 rings (SSSR count). The third-order valence-electron chi connectivity index (χ3n) is 5.59. The molecule has 180 valence electrons. The summed E-state index contributed by atoms with van der Waals surface area (Å²) in [5, 5.41) is 0.708. The Bertz CT molecular complexity index is 1110. The molecule has 2 N–H and O–H groups in total. The first-order valence-corrected chi connectivity index (χ1v) is 12.4. The van der Waals surface area contributed by atoms with Crippen LogP contribution in [0.5, 0.6) is 17.2 Å². The predicted molar refractivity (Wildman–Crippen MR) is 126 cm³/mol. The van der Waals surface area contributed by atoms with Crippen molar-refractivity contribution in [2.45, 2.75) is 24.2 Å². The second-order valence-electron chi connectivity index (χ2n) is 7.97. The minimum Gasteiger partial charge on any atom is -0.495 e. The number of nitrogens with two attached hydrogens (primary N) is 1. The van der Waals surface area contributed by atoms with Crippen molar-refractivity contribution in [3.05, 3.63) is 46.4 Å². The van der Waals surface area contributed by atoms with Crippen molar-refractivity contribution < 1.29 is 27.4 Å². The van der Waals surface area contributed by atoms with Gasteiger partial charge in [-0.3, -0.25) is 4.79 Å². The van der Waals surface area contributed by atoms with Gasteiger partial charge >= 0.3 is 0 Å². The molecule has 0 bridgehead atoms. The zero-order valence-electron chi connectivity index (χ0n) is 18.3. The fraction of sp³-hybridized carbons (Fsp3) is 0.409. The van der Waals surface area contributed by atoms with Crippen LogP contribution >= 0.6 is 23.2 Å². The van der Waals surface area contributed by atoms with Crippen LogP contribution in [0.4, 0.5) is 0 Å². The largest absolute Gasteiger partial charge is 0.495 e. The van der Waals surface area contributed by atoms with Gasteiger partial charge in [0.25, 0.3) is 0 Å². The third-order valence-corrected chi connectivity index (χ3v) is 8.00. The van der Waals surface area contributed by atoms with Crippen LogP contribution in [0.15, 0.2) is 41.3 Å². The van der Waals surface area contributed by atoms with Gasteiger partial charge in [0.1, 0.15) is 22.1 Å². The summed E-state index contributed by atoms with van der Waals surface area (Å²) in [6.45, 7) is 0.444. The number of carbonyl (C=O) groups excluding carboxylic acids is 1. The molecule has 1 atom stereocenters. The molecule has 2 aromatic carbocycles. The summed E-state index contributed by atoms with van der Waals surface area (Å²) in [6, 6.07) is 9.54. The normalized spacial score (nSPS) is 19.2. The van der Waals surface area contributed by atoms with E-state index in [1.54, 1.807) is 24.3 Å². The van der Waals surface area contributed by atoms with Gasteiger partial charge in [-0.05, 0) is 43.2 Å². The number of rotatable bonds is 9. The number of hydrogen-bond acceptors (Lipinski definition) is 6. The molecular weight excluding hydrogens is 491 g/mol. The van der Waals surface area contributed by atoms with Gasteiger partial charge in [-0.1, -0.05) is 23.2 Å². The number of sulfonamides is 1. The van der Waals surface area contributed by atoms with E-state index < -0.39 is 21.3 Å². The maximum atomic E-state index is 13.6. The van der Waals surface area contributed by atoms with E-state index in [4.69, 9.17) is 43.1 Å². The lowest BCUT2D eigenvalue weighted by Gasteiger charge is -2.41. The molecule has 0 aliphatic carbocycles. The second kappa shape index (κ2) is 10.4. The highest BCUT2D eigenvalue weighted by molar-refractivity contribution is 7.89. The van der Waals surface area contributed by atoms with Crippen molar-refractivity contribution in [2.24, 2.45) is 11.1 Å². The first kappa shape index (κ1) is 25.4. The molecule has 1 heterocycles. The lowest BCUT2D eigenvalue weighted by Crippen LogP contribution is -2.50. The predicted octanol–water partition coefficient (Wildman–Crippen LogP) is 3.74. The van der Waals surface area contributed by atoms with Crippen LogP contribution in [0.2, 0.25) is 10.0 Å². The van der Waals surface area contributed by atoms with Crippen molar-refractivity contribution in [2.75, 3.05) is 33.9 Å². The Labute approximate surface area is 203 Å². The highest BCUT2D eigenvalue weighted by atomic mass is 35.5. The summed E-state index contributed by atoms with van der Waals surface area (Å²) < 4.78 is 44.9. The van der Waals surface area contributed by atoms with E-state index >= 15 is 0 Å². The number of halogens is 2. The molecule has 1 aliphatic heterocycles. The van der Waals surface area contributed by atoms with Crippen molar-refractivity contribution in [1.82, 2.24) is 4.31 Å². The minimum atomic E-state index is -4.00. The van der Waals surface area contributed by atoms with Gasteiger partial charge in [0.05, 0.1) is 25.8 Å². The van der Waals surface area contributed by atoms with Crippen LogP contribution in [-0.4, -0.2) is 52.5 Å². The third kappa shape index (κ3) is 5.84. The number of piperidine rings is 1. The number of amides is 1. The topological polar surface area (TPSA) is 108 Å². The molecule has 0 radical (unpaired) electrons. The Balaban J connectivity index is 1.91. The van der Waals surface area contributed by atoms with E-state index in [1.807, 2.05) is 0 Å². The molecule has 1 amide bonds. The van der Waals surface area contributed by atoms with Crippen LogP contribution in [0.1, 0.15) is 19.3 Å². The number of methoxy groups -OCH3 is 2. The summed E-state index contributed by atoms with van der Waals surface area (Å²) in [6.07, 6.45) is 1.09. The number of nitrogens with zero attached hydrogens (tertiary/aromatic N) is 1. The van der Waals surface area contributed by atoms with Gasteiger partial charge in [0.2, 0.25) is 15.9 Å². The fourth-order valence-electron chi connectivity index (χ4n) is 3.99. The summed E-state index contributed by atoms with van der Waals surface area (Å²) in [5.41, 5.74) is 4.74. The highest BCUT2D eigenvalue weighted by Gasteiger charge is 2.43. The van der Waals surface area contributed by atoms with Gasteiger partial charge in [-0.25, -0.2) is 8.42 Å². The van der Waals surface area contributed by atoms with E-state index in [2.05, 4.69) is 0 Å². The van der Waals surface area contributed by atoms with Crippen LogP contribution in [0.3, 0.4) is 0 Å². The molecule has 33 heavy (non-hydrogen) atoms. The zero-order chi connectivity index (χ0) is 24.2. The Hall–Kier alpha value is -2.20. The lowest BCUT2D eigenvalue weighted by atomic mass is 9.78. The van der Waals surface area contributed by atoms with Gasteiger partial charge in [-0.15, -0.1) is 0 Å². The Morgan fingerprint density at radius 1 is 1.12 bits per heavy atom. The maximum absolute atomic E-state index is 13.6. The molecule has 1 aliphatic rings. The molecule has 0 spiro atoms. The Morgan fingerprint density at radius 2 is 1.79 bits per heavy atom. The smallest absolute Gasteiger partial charge is 0.246 e. The van der Waals surface area contributed by atoms with Crippen LogP contribution in [-0.2, 0) is 14.8 Å². The molecule has 1 saturated heterocycles. The monoisotopic (exact) mass is 516 g/mol. The van der Waals surface area contributed by atoms with Crippen molar-refractivity contribution in [3.8, 4) is 17.2 Å². The molecule has 1 fully saturated rings. The highest BCUT2D eigenvalue weighted by Crippen LogP contribution is 2.40. The summed E-state index contributed by atoms with van der Waals surface area (Å²) in [7, 11) is -1.21. The second-order valence-corrected chi connectivity index (χ2v) is 10.7. The van der Waals surface area contributed by atoms with Gasteiger partial charge in [0.15, 0.2) is 0 Å². The molecule has 0 saturated carbocycles. The zero-order valence-corrected chi connectivity index (χ0v) is 20.7. The number of hydrogen-bond donors (Lipinski definition) is 1. The molecular formula is C22H26Cl2N2O6S. The average molecular weight is 517 g/mol. The summed E-state index contributed by atoms with van der Waals surface area (Å²) in [5.74, 6) is 0.441. The van der Waals surface area contributed by atoms with Gasteiger partial charge < -0.3 is 19.9 Å².